The summed E-state index contributed by atoms with van der Waals surface area (Å²) in [5.41, 5.74) is 5.51. The summed E-state index contributed by atoms with van der Waals surface area (Å²) in [6.07, 6.45) is 0. The van der Waals surface area contributed by atoms with Crippen LogP contribution < -0.4 is 9.64 Å². The number of phenolic OH excluding ortho intramolecular Hbond substituents is 1. The first-order chi connectivity index (χ1) is 17.4. The molecule has 0 bridgehead atoms. The van der Waals surface area contributed by atoms with E-state index in [1.807, 2.05) is 31.2 Å². The fourth-order valence-electron chi connectivity index (χ4n) is 4.50. The number of aromatic amines is 1. The third kappa shape index (κ3) is 3.86. The van der Waals surface area contributed by atoms with Gasteiger partial charge in [0.1, 0.15) is 5.69 Å². The summed E-state index contributed by atoms with van der Waals surface area (Å²) in [5.74, 6) is -0.377. The van der Waals surface area contributed by atoms with E-state index >= 15 is 0 Å². The number of aromatic nitrogens is 2. The molecule has 2 heterocycles. The first-order valence-electron chi connectivity index (χ1n) is 11.6. The molecule has 1 amide bonds. The average molecular weight is 484 g/mol. The first-order valence-corrected chi connectivity index (χ1v) is 11.6. The lowest BCUT2D eigenvalue weighted by atomic mass is 9.95. The largest absolute Gasteiger partial charge is 0.504 e. The van der Waals surface area contributed by atoms with E-state index in [0.717, 1.165) is 22.3 Å². The third-order valence-corrected chi connectivity index (χ3v) is 6.27. The molecule has 0 aliphatic carbocycles. The van der Waals surface area contributed by atoms with Gasteiger partial charge >= 0.3 is 5.97 Å². The predicted octanol–water partition coefficient (Wildman–Crippen LogP) is 5.03. The highest BCUT2D eigenvalue weighted by atomic mass is 16.5. The number of esters is 1. The number of hydrogen-bond donors (Lipinski definition) is 2. The summed E-state index contributed by atoms with van der Waals surface area (Å²) in [6, 6.07) is 19.1. The summed E-state index contributed by atoms with van der Waals surface area (Å²) in [6.45, 7) is 4.04. The molecule has 1 unspecified atom stereocenters. The summed E-state index contributed by atoms with van der Waals surface area (Å²) >= 11 is 0. The summed E-state index contributed by atoms with van der Waals surface area (Å²) in [7, 11) is 1.48. The zero-order valence-corrected chi connectivity index (χ0v) is 20.1. The van der Waals surface area contributed by atoms with Gasteiger partial charge in [-0.1, -0.05) is 35.9 Å². The second-order valence-corrected chi connectivity index (χ2v) is 8.50. The second-order valence-electron chi connectivity index (χ2n) is 8.50. The minimum absolute atomic E-state index is 0.00193. The van der Waals surface area contributed by atoms with Gasteiger partial charge in [-0.25, -0.2) is 4.79 Å². The monoisotopic (exact) mass is 483 g/mol. The molecule has 0 spiro atoms. The fraction of sp³-hybridized carbons (Fsp3) is 0.179. The van der Waals surface area contributed by atoms with E-state index in [2.05, 4.69) is 10.2 Å². The van der Waals surface area contributed by atoms with E-state index in [9.17, 15) is 14.7 Å². The quantitative estimate of drug-likeness (QED) is 0.373. The van der Waals surface area contributed by atoms with Crippen molar-refractivity contribution in [2.75, 3.05) is 18.6 Å². The zero-order valence-electron chi connectivity index (χ0n) is 20.1. The molecule has 0 fully saturated rings. The molecule has 1 atom stereocenters. The Hall–Kier alpha value is -4.59. The van der Waals surface area contributed by atoms with Gasteiger partial charge in [0, 0.05) is 16.8 Å². The molecule has 0 saturated heterocycles. The Bertz CT molecular complexity index is 1440. The number of fused-ring (bicyclic) bond motifs is 1. The lowest BCUT2D eigenvalue weighted by Crippen LogP contribution is -2.29. The molecule has 8 heteroatoms. The van der Waals surface area contributed by atoms with Crippen LogP contribution >= 0.6 is 0 Å². The molecule has 5 rings (SSSR count). The van der Waals surface area contributed by atoms with Crippen molar-refractivity contribution in [1.29, 1.82) is 0 Å². The van der Waals surface area contributed by atoms with Gasteiger partial charge in [0.05, 0.1) is 31.0 Å². The molecule has 3 aromatic carbocycles. The molecule has 4 aromatic rings. The number of hydrogen-bond acceptors (Lipinski definition) is 6. The number of ether oxygens (including phenoxy) is 2. The number of amides is 1. The van der Waals surface area contributed by atoms with Crippen molar-refractivity contribution in [2.45, 2.75) is 19.9 Å². The number of nitrogens with one attached hydrogen (secondary N) is 1. The van der Waals surface area contributed by atoms with Crippen molar-refractivity contribution in [1.82, 2.24) is 10.2 Å². The van der Waals surface area contributed by atoms with Crippen LogP contribution in [0.5, 0.6) is 11.5 Å². The van der Waals surface area contributed by atoms with Crippen LogP contribution in [0.4, 0.5) is 5.69 Å². The maximum absolute atomic E-state index is 13.7. The Kier molecular flexibility index (Phi) is 5.93. The Balaban J connectivity index is 1.66. The highest BCUT2D eigenvalue weighted by molar-refractivity contribution is 6.12. The van der Waals surface area contributed by atoms with Crippen molar-refractivity contribution >= 4 is 17.6 Å². The van der Waals surface area contributed by atoms with Gasteiger partial charge in [-0.2, -0.15) is 5.10 Å². The lowest BCUT2D eigenvalue weighted by molar-refractivity contribution is 0.0526. The minimum atomic E-state index is -0.550. The standard InChI is InChI=1S/C28H25N3O5/c1-4-36-28(34)18-9-12-20(13-10-18)31-26(19-11-14-21(32)22(15-19)35-3)23-24(29-30-25(23)27(31)33)17-7-5-16(2)6-8-17/h5-15,26,32H,4H2,1-3H3,(H,29,30). The number of aromatic hydroxyl groups is 1. The maximum Gasteiger partial charge on any atom is 0.338 e. The summed E-state index contributed by atoms with van der Waals surface area (Å²) in [4.78, 5) is 27.5. The number of methoxy groups -OCH3 is 1. The summed E-state index contributed by atoms with van der Waals surface area (Å²) < 4.78 is 10.4. The van der Waals surface area contributed by atoms with Gasteiger partial charge < -0.3 is 14.6 Å². The smallest absolute Gasteiger partial charge is 0.338 e. The molecule has 8 nitrogen and oxygen atoms in total. The average Bonchev–Trinajstić information content (AvgIpc) is 3.44. The van der Waals surface area contributed by atoms with Crippen LogP contribution in [0.2, 0.25) is 0 Å². The number of carbonyl (C=O) groups excluding carboxylic acids is 2. The SMILES string of the molecule is CCOC(=O)c1ccc(N2C(=O)c3[nH]nc(-c4ccc(C)cc4)c3C2c2ccc(O)c(OC)c2)cc1. The Labute approximate surface area is 208 Å². The van der Waals surface area contributed by atoms with Gasteiger partial charge in [-0.3, -0.25) is 14.8 Å². The lowest BCUT2D eigenvalue weighted by Gasteiger charge is -2.27. The highest BCUT2D eigenvalue weighted by Crippen LogP contribution is 2.46. The number of rotatable bonds is 6. The van der Waals surface area contributed by atoms with Crippen LogP contribution in [0.3, 0.4) is 0 Å². The van der Waals surface area contributed by atoms with Gasteiger partial charge in [0.15, 0.2) is 11.5 Å². The fourth-order valence-corrected chi connectivity index (χ4v) is 4.50. The molecule has 0 saturated carbocycles. The van der Waals surface area contributed by atoms with E-state index < -0.39 is 12.0 Å². The predicted molar refractivity (Wildman–Crippen MR) is 134 cm³/mol. The number of carbonyl (C=O) groups is 2. The van der Waals surface area contributed by atoms with Gasteiger partial charge in [0.25, 0.3) is 5.91 Å². The number of benzene rings is 3. The number of aryl methyl sites for hydroxylation is 1. The number of phenols is 1. The molecule has 182 valence electrons. The van der Waals surface area contributed by atoms with Crippen molar-refractivity contribution in [3.63, 3.8) is 0 Å². The van der Waals surface area contributed by atoms with Crippen LogP contribution in [0.25, 0.3) is 11.3 Å². The summed E-state index contributed by atoms with van der Waals surface area (Å²) in [5, 5.41) is 17.6. The normalized spacial score (nSPS) is 14.6. The van der Waals surface area contributed by atoms with Gasteiger partial charge in [-0.15, -0.1) is 0 Å². The highest BCUT2D eigenvalue weighted by Gasteiger charge is 2.43. The number of nitrogens with zero attached hydrogens (tertiary/aromatic N) is 2. The molecule has 1 aliphatic heterocycles. The van der Waals surface area contributed by atoms with Crippen LogP contribution in [-0.2, 0) is 4.74 Å². The Morgan fingerprint density at radius 1 is 1.08 bits per heavy atom. The number of anilines is 1. The van der Waals surface area contributed by atoms with E-state index in [1.54, 1.807) is 54.3 Å². The molecule has 2 N–H and O–H groups in total. The van der Waals surface area contributed by atoms with Crippen molar-refractivity contribution in [3.8, 4) is 22.8 Å². The van der Waals surface area contributed by atoms with Crippen LogP contribution in [0.15, 0.2) is 66.7 Å². The van der Waals surface area contributed by atoms with Gasteiger partial charge in [0.2, 0.25) is 0 Å². The Morgan fingerprint density at radius 2 is 1.81 bits per heavy atom. The van der Waals surface area contributed by atoms with E-state index in [0.29, 0.717) is 28.4 Å². The van der Waals surface area contributed by atoms with Crippen molar-refractivity contribution in [2.24, 2.45) is 0 Å². The van der Waals surface area contributed by atoms with Crippen molar-refractivity contribution in [3.05, 3.63) is 94.7 Å². The molecule has 36 heavy (non-hydrogen) atoms. The second kappa shape index (κ2) is 9.22. The minimum Gasteiger partial charge on any atom is -0.504 e. The molecular formula is C28H25N3O5. The maximum atomic E-state index is 13.7. The molecule has 0 radical (unpaired) electrons. The molecular weight excluding hydrogens is 458 g/mol. The van der Waals surface area contributed by atoms with Crippen LogP contribution in [-0.4, -0.2) is 40.9 Å². The van der Waals surface area contributed by atoms with Crippen LogP contribution in [0, 0.1) is 6.92 Å². The zero-order chi connectivity index (χ0) is 25.4. The van der Waals surface area contributed by atoms with Crippen LogP contribution in [0.1, 0.15) is 50.5 Å². The molecule has 1 aromatic heterocycles. The first kappa shape index (κ1) is 23.2. The van der Waals surface area contributed by atoms with E-state index in [1.165, 1.54) is 7.11 Å². The van der Waals surface area contributed by atoms with Gasteiger partial charge in [-0.05, 0) is 55.8 Å². The topological polar surface area (TPSA) is 105 Å². The third-order valence-electron chi connectivity index (χ3n) is 6.27. The van der Waals surface area contributed by atoms with E-state index in [-0.39, 0.29) is 18.3 Å². The van der Waals surface area contributed by atoms with E-state index in [4.69, 9.17) is 9.47 Å². The number of H-pyrrole nitrogens is 1. The Morgan fingerprint density at radius 3 is 2.47 bits per heavy atom. The van der Waals surface area contributed by atoms with Crippen molar-refractivity contribution < 1.29 is 24.2 Å². The molecule has 1 aliphatic rings.